The van der Waals surface area contributed by atoms with Crippen LogP contribution in [0.4, 0.5) is 10.7 Å². The first-order chi connectivity index (χ1) is 10.8. The molecule has 0 saturated carbocycles. The van der Waals surface area contributed by atoms with E-state index in [9.17, 15) is 4.79 Å². The second kappa shape index (κ2) is 5.72. The van der Waals surface area contributed by atoms with Crippen LogP contribution in [0.2, 0.25) is 0 Å². The number of ether oxygens (including phenoxy) is 1. The van der Waals surface area contributed by atoms with Gasteiger partial charge in [-0.3, -0.25) is 4.90 Å². The van der Waals surface area contributed by atoms with Crippen LogP contribution in [0.25, 0.3) is 0 Å². The number of anilines is 1. The van der Waals surface area contributed by atoms with Gasteiger partial charge in [0.2, 0.25) is 5.95 Å². The molecule has 7 heteroatoms. The number of carbonyl (C=O) groups is 1. The van der Waals surface area contributed by atoms with Crippen LogP contribution in [0.3, 0.4) is 0 Å². The maximum atomic E-state index is 12.2. The zero-order chi connectivity index (χ0) is 14.9. The number of nitrogens with zero attached hydrogens (tertiary/aromatic N) is 4. The van der Waals surface area contributed by atoms with Crippen molar-refractivity contribution in [3.8, 4) is 0 Å². The molecule has 5 heterocycles. The first-order valence-electron chi connectivity index (χ1n) is 7.99. The fraction of sp³-hybridized carbons (Fsp3) is 0.667. The monoisotopic (exact) mass is 303 g/mol. The van der Waals surface area contributed by atoms with Crippen LogP contribution < -0.4 is 5.32 Å². The minimum absolute atomic E-state index is 0.0828. The molecule has 118 valence electrons. The molecule has 4 saturated heterocycles. The Labute approximate surface area is 129 Å². The van der Waals surface area contributed by atoms with Crippen molar-refractivity contribution in [2.45, 2.75) is 25.0 Å². The van der Waals surface area contributed by atoms with E-state index in [0.717, 1.165) is 32.5 Å². The van der Waals surface area contributed by atoms with Gasteiger partial charge in [-0.2, -0.15) is 0 Å². The highest BCUT2D eigenvalue weighted by atomic mass is 16.6. The Balaban J connectivity index is 1.24. The van der Waals surface area contributed by atoms with E-state index in [-0.39, 0.29) is 18.2 Å². The Hall–Kier alpha value is -1.89. The average molecular weight is 303 g/mol. The summed E-state index contributed by atoms with van der Waals surface area (Å²) in [6.45, 7) is 4.52. The molecule has 4 aliphatic rings. The maximum absolute atomic E-state index is 12.2. The summed E-state index contributed by atoms with van der Waals surface area (Å²) in [7, 11) is 0. The van der Waals surface area contributed by atoms with Gasteiger partial charge >= 0.3 is 6.09 Å². The maximum Gasteiger partial charge on any atom is 0.410 e. The van der Waals surface area contributed by atoms with E-state index in [1.807, 2.05) is 0 Å². The molecule has 5 rings (SSSR count). The molecule has 7 nitrogen and oxygen atoms in total. The van der Waals surface area contributed by atoms with E-state index in [0.29, 0.717) is 25.0 Å². The lowest BCUT2D eigenvalue weighted by Crippen LogP contribution is -2.59. The lowest BCUT2D eigenvalue weighted by atomic mass is 9.86. The zero-order valence-corrected chi connectivity index (χ0v) is 12.5. The van der Waals surface area contributed by atoms with Crippen LogP contribution in [0.15, 0.2) is 18.5 Å². The molecule has 0 aromatic carbocycles. The van der Waals surface area contributed by atoms with Crippen LogP contribution in [0, 0.1) is 5.92 Å². The summed E-state index contributed by atoms with van der Waals surface area (Å²) in [5, 5.41) is 3.21. The molecule has 0 radical (unpaired) electrons. The molecular formula is C15H21N5O2. The SMILES string of the molecule is O=C(OC1CN2CCC1CC2)N1CC(Nc2ncccn2)C1. The summed E-state index contributed by atoms with van der Waals surface area (Å²) in [5.41, 5.74) is 0. The van der Waals surface area contributed by atoms with Gasteiger partial charge in [-0.15, -0.1) is 0 Å². The predicted molar refractivity (Wildman–Crippen MR) is 80.4 cm³/mol. The highest BCUT2D eigenvalue weighted by Gasteiger charge is 2.39. The van der Waals surface area contributed by atoms with Crippen molar-refractivity contribution in [3.05, 3.63) is 18.5 Å². The van der Waals surface area contributed by atoms with Crippen LogP contribution in [-0.2, 0) is 4.74 Å². The van der Waals surface area contributed by atoms with Crippen molar-refractivity contribution in [2.75, 3.05) is 38.0 Å². The number of hydrogen-bond acceptors (Lipinski definition) is 6. The molecule has 1 N–H and O–H groups in total. The third kappa shape index (κ3) is 2.72. The number of hydrogen-bond donors (Lipinski definition) is 1. The number of carbonyl (C=O) groups excluding carboxylic acids is 1. The molecule has 4 fully saturated rings. The fourth-order valence-electron chi connectivity index (χ4n) is 3.52. The minimum atomic E-state index is -0.175. The van der Waals surface area contributed by atoms with Crippen LogP contribution in [0.5, 0.6) is 0 Å². The third-order valence-corrected chi connectivity index (χ3v) is 4.89. The summed E-state index contributed by atoms with van der Waals surface area (Å²) in [4.78, 5) is 24.6. The summed E-state index contributed by atoms with van der Waals surface area (Å²) in [6.07, 6.45) is 5.63. The van der Waals surface area contributed by atoms with Gasteiger partial charge in [-0.05, 0) is 37.9 Å². The molecule has 0 aliphatic carbocycles. The van der Waals surface area contributed by atoms with Gasteiger partial charge in [0.1, 0.15) is 6.10 Å². The lowest BCUT2D eigenvalue weighted by molar-refractivity contribution is -0.0489. The number of aromatic nitrogens is 2. The molecule has 0 spiro atoms. The van der Waals surface area contributed by atoms with Crippen molar-refractivity contribution in [3.63, 3.8) is 0 Å². The van der Waals surface area contributed by atoms with Gasteiger partial charge in [-0.1, -0.05) is 0 Å². The molecular weight excluding hydrogens is 282 g/mol. The van der Waals surface area contributed by atoms with E-state index in [4.69, 9.17) is 4.74 Å². The number of rotatable bonds is 3. The standard InChI is InChI=1S/C15H21N5O2/c21-15(22-13-10-19-6-2-11(13)3-7-19)20-8-12(9-20)18-14-16-4-1-5-17-14/h1,4-5,11-13H,2-3,6-10H2,(H,16,17,18). The van der Waals surface area contributed by atoms with Gasteiger partial charge in [-0.25, -0.2) is 14.8 Å². The zero-order valence-electron chi connectivity index (χ0n) is 12.5. The molecule has 1 aromatic heterocycles. The number of nitrogens with one attached hydrogen (secondary N) is 1. The van der Waals surface area contributed by atoms with E-state index < -0.39 is 0 Å². The minimum Gasteiger partial charge on any atom is -0.444 e. The van der Waals surface area contributed by atoms with Crippen molar-refractivity contribution >= 4 is 12.0 Å². The molecule has 1 unspecified atom stereocenters. The summed E-state index contributed by atoms with van der Waals surface area (Å²) < 4.78 is 5.71. The average Bonchev–Trinajstić information content (AvgIpc) is 2.52. The van der Waals surface area contributed by atoms with Crippen LogP contribution in [0.1, 0.15) is 12.8 Å². The Kier molecular flexibility index (Phi) is 3.57. The van der Waals surface area contributed by atoms with Gasteiger partial charge in [0, 0.05) is 32.0 Å². The molecule has 4 aliphatic heterocycles. The smallest absolute Gasteiger partial charge is 0.410 e. The number of likely N-dealkylation sites (tertiary alicyclic amines) is 1. The Morgan fingerprint density at radius 2 is 1.91 bits per heavy atom. The van der Waals surface area contributed by atoms with E-state index in [2.05, 4.69) is 20.2 Å². The van der Waals surface area contributed by atoms with E-state index in [1.165, 1.54) is 0 Å². The molecule has 2 bridgehead atoms. The van der Waals surface area contributed by atoms with Gasteiger partial charge in [0.15, 0.2) is 0 Å². The van der Waals surface area contributed by atoms with Gasteiger partial charge in [0.25, 0.3) is 0 Å². The van der Waals surface area contributed by atoms with Crippen LogP contribution in [-0.4, -0.2) is 70.7 Å². The van der Waals surface area contributed by atoms with E-state index in [1.54, 1.807) is 23.4 Å². The number of amides is 1. The Morgan fingerprint density at radius 1 is 1.18 bits per heavy atom. The van der Waals surface area contributed by atoms with Crippen molar-refractivity contribution in [1.29, 1.82) is 0 Å². The van der Waals surface area contributed by atoms with Crippen LogP contribution >= 0.6 is 0 Å². The predicted octanol–water partition coefficient (Wildman–Crippen LogP) is 0.803. The topological polar surface area (TPSA) is 70.6 Å². The van der Waals surface area contributed by atoms with Gasteiger partial charge in [0.05, 0.1) is 6.04 Å². The van der Waals surface area contributed by atoms with E-state index >= 15 is 0 Å². The molecule has 1 atom stereocenters. The summed E-state index contributed by atoms with van der Waals surface area (Å²) >= 11 is 0. The molecule has 1 aromatic rings. The normalized spacial score (nSPS) is 30.7. The second-order valence-corrected chi connectivity index (χ2v) is 6.38. The van der Waals surface area contributed by atoms with Gasteiger partial charge < -0.3 is 15.0 Å². The van der Waals surface area contributed by atoms with Crippen molar-refractivity contribution in [2.24, 2.45) is 5.92 Å². The molecule has 22 heavy (non-hydrogen) atoms. The van der Waals surface area contributed by atoms with Crippen molar-refractivity contribution < 1.29 is 9.53 Å². The molecule has 1 amide bonds. The number of fused-ring (bicyclic) bond motifs is 3. The highest BCUT2D eigenvalue weighted by molar-refractivity contribution is 5.69. The van der Waals surface area contributed by atoms with Crippen molar-refractivity contribution in [1.82, 2.24) is 19.8 Å². The quantitative estimate of drug-likeness (QED) is 0.891. The Bertz CT molecular complexity index is 526. The summed E-state index contributed by atoms with van der Waals surface area (Å²) in [6, 6.07) is 1.99. The Morgan fingerprint density at radius 3 is 2.55 bits per heavy atom. The fourth-order valence-corrected chi connectivity index (χ4v) is 3.52. The third-order valence-electron chi connectivity index (χ3n) is 4.89. The summed E-state index contributed by atoms with van der Waals surface area (Å²) in [5.74, 6) is 1.17. The largest absolute Gasteiger partial charge is 0.444 e. The first-order valence-corrected chi connectivity index (χ1v) is 7.99. The highest BCUT2D eigenvalue weighted by Crippen LogP contribution is 2.30. The first kappa shape index (κ1) is 13.8. The number of piperidine rings is 3. The lowest BCUT2D eigenvalue weighted by Gasteiger charge is -2.45. The second-order valence-electron chi connectivity index (χ2n) is 6.38.